The van der Waals surface area contributed by atoms with Crippen molar-refractivity contribution < 1.29 is 9.18 Å². The average Bonchev–Trinajstić information content (AvgIpc) is 2.66. The molecule has 0 unspecified atom stereocenters. The Morgan fingerprint density at radius 2 is 1.70 bits per heavy atom. The number of halogens is 2. The predicted octanol–water partition coefficient (Wildman–Crippen LogP) is 4.33. The van der Waals surface area contributed by atoms with Crippen LogP contribution in [0.15, 0.2) is 54.6 Å². The van der Waals surface area contributed by atoms with Gasteiger partial charge in [0.2, 0.25) is 0 Å². The molecule has 0 aliphatic carbocycles. The highest BCUT2D eigenvalue weighted by molar-refractivity contribution is 6.31. The molecule has 0 aliphatic rings. The first-order chi connectivity index (χ1) is 12.9. The first-order valence-electron chi connectivity index (χ1n) is 8.07. The molecule has 0 spiro atoms. The molecule has 1 aromatic heterocycles. The molecule has 2 N–H and O–H groups in total. The van der Waals surface area contributed by atoms with Crippen molar-refractivity contribution in [2.45, 2.75) is 0 Å². The maximum atomic E-state index is 13.2. The van der Waals surface area contributed by atoms with Crippen molar-refractivity contribution in [1.82, 2.24) is 10.2 Å². The monoisotopic (exact) mass is 385 g/mol. The van der Waals surface area contributed by atoms with Crippen LogP contribution in [-0.4, -0.2) is 30.2 Å². The number of anilines is 4. The SMILES string of the molecule is CN(C)c1ccc(NC(=O)c2ccc(Nc3ccc(F)c(Cl)c3)nn2)cc1. The molecule has 2 aromatic carbocycles. The van der Waals surface area contributed by atoms with Crippen LogP contribution < -0.4 is 15.5 Å². The second kappa shape index (κ2) is 8.01. The molecule has 3 rings (SSSR count). The van der Waals surface area contributed by atoms with Crippen LogP contribution in [0.5, 0.6) is 0 Å². The minimum absolute atomic E-state index is 0.00393. The smallest absolute Gasteiger partial charge is 0.276 e. The van der Waals surface area contributed by atoms with Gasteiger partial charge in [0, 0.05) is 31.2 Å². The Labute approximate surface area is 161 Å². The van der Waals surface area contributed by atoms with Gasteiger partial charge in [-0.3, -0.25) is 4.79 Å². The quantitative estimate of drug-likeness (QED) is 0.684. The fourth-order valence-corrected chi connectivity index (χ4v) is 2.46. The van der Waals surface area contributed by atoms with E-state index >= 15 is 0 Å². The van der Waals surface area contributed by atoms with Crippen molar-refractivity contribution in [3.05, 3.63) is 71.1 Å². The van der Waals surface area contributed by atoms with Gasteiger partial charge in [0.1, 0.15) is 5.82 Å². The van der Waals surface area contributed by atoms with Crippen LogP contribution in [0, 0.1) is 5.82 Å². The van der Waals surface area contributed by atoms with Crippen LogP contribution in [0.1, 0.15) is 10.5 Å². The second-order valence-electron chi connectivity index (χ2n) is 5.95. The number of nitrogens with one attached hydrogen (secondary N) is 2. The highest BCUT2D eigenvalue weighted by Crippen LogP contribution is 2.22. The average molecular weight is 386 g/mol. The summed E-state index contributed by atoms with van der Waals surface area (Å²) in [6.45, 7) is 0. The Bertz CT molecular complexity index is 945. The Morgan fingerprint density at radius 3 is 2.30 bits per heavy atom. The van der Waals surface area contributed by atoms with Gasteiger partial charge in [0.25, 0.3) is 5.91 Å². The Kier molecular flexibility index (Phi) is 5.52. The topological polar surface area (TPSA) is 70.2 Å². The molecule has 0 atom stereocenters. The molecule has 0 aliphatic heterocycles. The molecule has 1 heterocycles. The summed E-state index contributed by atoms with van der Waals surface area (Å²) in [6, 6.07) is 14.8. The Hall–Kier alpha value is -3.19. The first-order valence-corrected chi connectivity index (χ1v) is 8.45. The maximum Gasteiger partial charge on any atom is 0.276 e. The van der Waals surface area contributed by atoms with E-state index in [1.54, 1.807) is 12.1 Å². The minimum atomic E-state index is -0.501. The van der Waals surface area contributed by atoms with Gasteiger partial charge in [-0.25, -0.2) is 4.39 Å². The zero-order chi connectivity index (χ0) is 19.4. The standard InChI is InChI=1S/C19H17ClFN5O/c1-26(2)14-6-3-12(4-7-14)23-19(27)17-9-10-18(25-24-17)22-13-5-8-16(21)15(20)11-13/h3-11H,1-2H3,(H,22,25)(H,23,27). The molecule has 0 fully saturated rings. The molecule has 0 saturated carbocycles. The highest BCUT2D eigenvalue weighted by atomic mass is 35.5. The van der Waals surface area contributed by atoms with Crippen molar-refractivity contribution in [3.63, 3.8) is 0 Å². The normalized spacial score (nSPS) is 10.4. The summed E-state index contributed by atoms with van der Waals surface area (Å²) in [5.74, 6) is -0.458. The lowest BCUT2D eigenvalue weighted by Crippen LogP contribution is -2.15. The van der Waals surface area contributed by atoms with Crippen molar-refractivity contribution >= 4 is 40.4 Å². The number of benzene rings is 2. The van der Waals surface area contributed by atoms with E-state index in [0.29, 0.717) is 17.2 Å². The van der Waals surface area contributed by atoms with E-state index in [2.05, 4.69) is 20.8 Å². The number of aromatic nitrogens is 2. The molecule has 1 amide bonds. The second-order valence-corrected chi connectivity index (χ2v) is 6.36. The summed E-state index contributed by atoms with van der Waals surface area (Å²) in [6.07, 6.45) is 0. The van der Waals surface area contributed by atoms with E-state index in [1.165, 1.54) is 18.2 Å². The summed E-state index contributed by atoms with van der Waals surface area (Å²) in [5.41, 5.74) is 2.43. The zero-order valence-electron chi connectivity index (χ0n) is 14.7. The van der Waals surface area contributed by atoms with Crippen molar-refractivity contribution in [3.8, 4) is 0 Å². The zero-order valence-corrected chi connectivity index (χ0v) is 15.5. The van der Waals surface area contributed by atoms with Gasteiger partial charge in [0.05, 0.1) is 5.02 Å². The van der Waals surface area contributed by atoms with Crippen LogP contribution >= 0.6 is 11.6 Å². The van der Waals surface area contributed by atoms with E-state index < -0.39 is 5.82 Å². The van der Waals surface area contributed by atoms with E-state index in [9.17, 15) is 9.18 Å². The molecule has 8 heteroatoms. The van der Waals surface area contributed by atoms with Gasteiger partial charge in [-0.2, -0.15) is 0 Å². The fraction of sp³-hybridized carbons (Fsp3) is 0.105. The lowest BCUT2D eigenvalue weighted by molar-refractivity contribution is 0.102. The lowest BCUT2D eigenvalue weighted by Gasteiger charge is -2.13. The number of hydrogen-bond donors (Lipinski definition) is 2. The third-order valence-electron chi connectivity index (χ3n) is 3.73. The van der Waals surface area contributed by atoms with Crippen molar-refractivity contribution in [1.29, 1.82) is 0 Å². The molecule has 27 heavy (non-hydrogen) atoms. The highest BCUT2D eigenvalue weighted by Gasteiger charge is 2.09. The number of hydrogen-bond acceptors (Lipinski definition) is 5. The van der Waals surface area contributed by atoms with Crippen LogP contribution in [-0.2, 0) is 0 Å². The summed E-state index contributed by atoms with van der Waals surface area (Å²) >= 11 is 5.74. The van der Waals surface area contributed by atoms with Gasteiger partial charge < -0.3 is 15.5 Å². The van der Waals surface area contributed by atoms with Gasteiger partial charge in [0.15, 0.2) is 11.5 Å². The van der Waals surface area contributed by atoms with Crippen LogP contribution in [0.2, 0.25) is 5.02 Å². The van der Waals surface area contributed by atoms with Gasteiger partial charge in [-0.05, 0) is 54.6 Å². The maximum absolute atomic E-state index is 13.2. The summed E-state index contributed by atoms with van der Waals surface area (Å²) in [4.78, 5) is 14.3. The largest absolute Gasteiger partial charge is 0.378 e. The van der Waals surface area contributed by atoms with E-state index in [-0.39, 0.29) is 16.6 Å². The van der Waals surface area contributed by atoms with Gasteiger partial charge in [-0.15, -0.1) is 10.2 Å². The predicted molar refractivity (Wildman–Crippen MR) is 105 cm³/mol. The Balaban J connectivity index is 1.65. The molecule has 6 nitrogen and oxygen atoms in total. The van der Waals surface area contributed by atoms with E-state index in [1.807, 2.05) is 43.3 Å². The van der Waals surface area contributed by atoms with Crippen molar-refractivity contribution in [2.24, 2.45) is 0 Å². The van der Waals surface area contributed by atoms with E-state index in [0.717, 1.165) is 5.69 Å². The number of rotatable bonds is 5. The van der Waals surface area contributed by atoms with Crippen molar-refractivity contribution in [2.75, 3.05) is 29.6 Å². The fourth-order valence-electron chi connectivity index (χ4n) is 2.28. The third kappa shape index (κ3) is 4.71. The third-order valence-corrected chi connectivity index (χ3v) is 4.02. The van der Waals surface area contributed by atoms with Gasteiger partial charge in [-0.1, -0.05) is 11.6 Å². The number of carbonyl (C=O) groups is 1. The molecule has 3 aromatic rings. The molecular weight excluding hydrogens is 369 g/mol. The van der Waals surface area contributed by atoms with Crippen LogP contribution in [0.4, 0.5) is 27.3 Å². The van der Waals surface area contributed by atoms with Crippen LogP contribution in [0.25, 0.3) is 0 Å². The molecular formula is C19H17ClFN5O. The summed E-state index contributed by atoms with van der Waals surface area (Å²) < 4.78 is 13.2. The lowest BCUT2D eigenvalue weighted by atomic mass is 10.2. The minimum Gasteiger partial charge on any atom is -0.378 e. The number of amides is 1. The van der Waals surface area contributed by atoms with E-state index in [4.69, 9.17) is 11.6 Å². The summed E-state index contributed by atoms with van der Waals surface area (Å²) in [7, 11) is 3.89. The molecule has 0 saturated heterocycles. The Morgan fingerprint density at radius 1 is 1.00 bits per heavy atom. The molecule has 0 bridgehead atoms. The number of carbonyl (C=O) groups excluding carboxylic acids is 1. The van der Waals surface area contributed by atoms with Gasteiger partial charge >= 0.3 is 0 Å². The van der Waals surface area contributed by atoms with Crippen LogP contribution in [0.3, 0.4) is 0 Å². The molecule has 138 valence electrons. The first kappa shape index (κ1) is 18.6. The molecule has 0 radical (unpaired) electrons. The summed E-state index contributed by atoms with van der Waals surface area (Å²) in [5, 5.41) is 13.6. The number of nitrogens with zero attached hydrogens (tertiary/aromatic N) is 3.